The van der Waals surface area contributed by atoms with Crippen LogP contribution >= 0.6 is 0 Å². The van der Waals surface area contributed by atoms with Gasteiger partial charge in [-0.3, -0.25) is 4.79 Å². The average molecular weight is 661 g/mol. The number of hydrogen-bond donors (Lipinski definition) is 3. The Labute approximate surface area is 278 Å². The maximum atomic E-state index is 12.9. The number of carbonyl (C=O) groups is 1. The highest BCUT2D eigenvalue weighted by molar-refractivity contribution is 5.66. The van der Waals surface area contributed by atoms with E-state index in [9.17, 15) is 20.1 Å². The van der Waals surface area contributed by atoms with Crippen LogP contribution in [0.15, 0.2) is 0 Å². The lowest BCUT2D eigenvalue weighted by molar-refractivity contribution is -0.309. The predicted molar refractivity (Wildman–Crippen MR) is 166 cm³/mol. The van der Waals surface area contributed by atoms with Crippen molar-refractivity contribution in [1.82, 2.24) is 0 Å². The third-order valence-corrected chi connectivity index (χ3v) is 16.6. The lowest BCUT2D eigenvalue weighted by Crippen LogP contribution is -2.64. The number of aliphatic hydroxyl groups is 3. The Balaban J connectivity index is 1.03. The summed E-state index contributed by atoms with van der Waals surface area (Å²) >= 11 is 0. The molecule has 47 heavy (non-hydrogen) atoms. The van der Waals surface area contributed by atoms with Gasteiger partial charge in [0.15, 0.2) is 12.1 Å². The molecule has 0 aromatic carbocycles. The number of hydrogen-bond acceptors (Lipinski definition) is 10. The summed E-state index contributed by atoms with van der Waals surface area (Å²) in [6.07, 6.45) is 2.89. The maximum Gasteiger partial charge on any atom is 0.302 e. The van der Waals surface area contributed by atoms with Crippen LogP contribution in [0.5, 0.6) is 0 Å². The van der Waals surface area contributed by atoms with E-state index in [0.717, 1.165) is 51.4 Å². The van der Waals surface area contributed by atoms with Crippen molar-refractivity contribution in [3.05, 3.63) is 0 Å². The lowest BCUT2D eigenvalue weighted by atomic mass is 9.41. The van der Waals surface area contributed by atoms with Crippen LogP contribution < -0.4 is 0 Å². The number of carbonyl (C=O) groups excluding carboxylic acids is 1. The molecular formula is C37H56O10. The van der Waals surface area contributed by atoms with Crippen LogP contribution in [0.3, 0.4) is 0 Å². The monoisotopic (exact) mass is 660 g/mol. The third-order valence-electron chi connectivity index (χ3n) is 16.6. The van der Waals surface area contributed by atoms with Gasteiger partial charge in [-0.1, -0.05) is 34.6 Å². The standard InChI is InChI=1S/C37H56O10/c1-18-12-37(30-33(6,47-30)17-43-37)46-21-13-32(5)23-9-8-22-31(3,4)24(45-29-28(41)27(40)20(39)15-42-29)10-11-35(22)16-36(23,35)14-25(44-19(2)38)34(32,7)26(18)21/h18,20-30,39-41H,8-17H2,1-7H3/t18-,20-,21+,22?,23+,24+,25-,26+,27+,28-,29+,30-,32+,33-,34-,35-,36+,37+/m1/s1. The van der Waals surface area contributed by atoms with Crippen molar-refractivity contribution in [2.75, 3.05) is 13.2 Å². The summed E-state index contributed by atoms with van der Waals surface area (Å²) in [6, 6.07) is 0. The number of epoxide rings is 1. The van der Waals surface area contributed by atoms with Crippen LogP contribution in [0.4, 0.5) is 0 Å². The zero-order valence-corrected chi connectivity index (χ0v) is 29.2. The Morgan fingerprint density at radius 2 is 1.62 bits per heavy atom. The van der Waals surface area contributed by atoms with E-state index in [1.165, 1.54) is 0 Å². The normalized spacial score (nSPS) is 62.8. The van der Waals surface area contributed by atoms with Gasteiger partial charge in [-0.05, 0) is 97.2 Å². The molecule has 10 heteroatoms. The van der Waals surface area contributed by atoms with Gasteiger partial charge < -0.3 is 43.7 Å². The van der Waals surface area contributed by atoms with Gasteiger partial charge in [-0.15, -0.1) is 0 Å². The number of fused-ring (bicyclic) bond motifs is 6. The lowest BCUT2D eigenvalue weighted by Gasteiger charge is -2.65. The fraction of sp³-hybridized carbons (Fsp3) is 0.973. The van der Waals surface area contributed by atoms with Crippen molar-refractivity contribution in [1.29, 1.82) is 0 Å². The van der Waals surface area contributed by atoms with E-state index in [4.69, 9.17) is 28.4 Å². The average Bonchev–Trinajstić information content (AvgIpc) is 3.81. The summed E-state index contributed by atoms with van der Waals surface area (Å²) < 4.78 is 38.4. The van der Waals surface area contributed by atoms with Gasteiger partial charge in [0, 0.05) is 18.8 Å². The minimum Gasteiger partial charge on any atom is -0.462 e. The van der Waals surface area contributed by atoms with Gasteiger partial charge >= 0.3 is 5.97 Å². The van der Waals surface area contributed by atoms with E-state index in [1.54, 1.807) is 6.92 Å². The van der Waals surface area contributed by atoms with Crippen molar-refractivity contribution in [3.8, 4) is 0 Å². The summed E-state index contributed by atoms with van der Waals surface area (Å²) in [6.45, 7) is 16.1. The van der Waals surface area contributed by atoms with Crippen molar-refractivity contribution in [3.63, 3.8) is 0 Å². The first kappa shape index (κ1) is 32.1. The SMILES string of the molecule is CC(=O)O[C@@H]1C[C@@]23C[C@@]24CC[C@H](O[C@@H]2OC[C@@H](O)[C@H](O)[C@H]2O)C(C)(C)C4CC[C@H]3[C@]2(C)C[C@@H]3O[C@]4(C[C@@H](C)[C@@H]3[C@@]12C)OC[C@@]1(C)O[C@@H]41. The molecule has 4 saturated heterocycles. The molecule has 5 saturated carbocycles. The molecular weight excluding hydrogens is 604 g/mol. The summed E-state index contributed by atoms with van der Waals surface area (Å²) in [5.41, 5.74) is -0.492. The minimum absolute atomic E-state index is 0.00697. The fourth-order valence-corrected chi connectivity index (χ4v) is 14.6. The molecule has 0 radical (unpaired) electrons. The van der Waals surface area contributed by atoms with Crippen molar-refractivity contribution in [2.24, 2.45) is 50.7 Å². The molecule has 0 amide bonds. The molecule has 3 spiro atoms. The zero-order valence-electron chi connectivity index (χ0n) is 29.2. The molecule has 9 aliphatic rings. The maximum absolute atomic E-state index is 12.9. The van der Waals surface area contributed by atoms with Crippen LogP contribution in [-0.4, -0.2) is 94.9 Å². The van der Waals surface area contributed by atoms with Crippen molar-refractivity contribution >= 4 is 5.97 Å². The van der Waals surface area contributed by atoms with Gasteiger partial charge in [0.2, 0.25) is 0 Å². The minimum atomic E-state index is -1.29. The smallest absolute Gasteiger partial charge is 0.302 e. The van der Waals surface area contributed by atoms with Gasteiger partial charge in [0.25, 0.3) is 0 Å². The Morgan fingerprint density at radius 3 is 2.30 bits per heavy atom. The molecule has 18 atom stereocenters. The molecule has 0 bridgehead atoms. The highest BCUT2D eigenvalue weighted by atomic mass is 16.8. The second kappa shape index (κ2) is 9.52. The Morgan fingerprint density at radius 1 is 0.872 bits per heavy atom. The van der Waals surface area contributed by atoms with Crippen LogP contribution in [0.25, 0.3) is 0 Å². The highest BCUT2D eigenvalue weighted by Crippen LogP contribution is 2.89. The van der Waals surface area contributed by atoms with E-state index in [-0.39, 0.29) is 75.6 Å². The quantitative estimate of drug-likeness (QED) is 0.234. The number of esters is 1. The largest absolute Gasteiger partial charge is 0.462 e. The van der Waals surface area contributed by atoms with Gasteiger partial charge in [0.05, 0.1) is 25.4 Å². The first-order chi connectivity index (χ1) is 22.0. The summed E-state index contributed by atoms with van der Waals surface area (Å²) in [5, 5.41) is 31.0. The molecule has 9 rings (SSSR count). The van der Waals surface area contributed by atoms with Crippen LogP contribution in [0.2, 0.25) is 0 Å². The second-order valence-corrected chi connectivity index (χ2v) is 18.9. The van der Waals surface area contributed by atoms with E-state index < -0.39 is 30.4 Å². The number of ether oxygens (including phenoxy) is 6. The van der Waals surface area contributed by atoms with Crippen LogP contribution in [-0.2, 0) is 33.2 Å². The summed E-state index contributed by atoms with van der Waals surface area (Å²) in [5.74, 6) is 0.642. The predicted octanol–water partition coefficient (Wildman–Crippen LogP) is 3.71. The second-order valence-electron chi connectivity index (χ2n) is 18.9. The molecule has 264 valence electrons. The molecule has 0 aromatic heterocycles. The number of rotatable bonds is 3. The third kappa shape index (κ3) is 3.78. The van der Waals surface area contributed by atoms with E-state index >= 15 is 0 Å². The van der Waals surface area contributed by atoms with Crippen LogP contribution in [0.1, 0.15) is 99.8 Å². The van der Waals surface area contributed by atoms with Crippen molar-refractivity contribution in [2.45, 2.75) is 160 Å². The Kier molecular flexibility index (Phi) is 6.50. The van der Waals surface area contributed by atoms with Gasteiger partial charge in [0.1, 0.15) is 36.1 Å². The molecule has 10 nitrogen and oxygen atoms in total. The highest BCUT2D eigenvalue weighted by Gasteiger charge is 2.86. The summed E-state index contributed by atoms with van der Waals surface area (Å²) in [7, 11) is 0. The molecule has 3 N–H and O–H groups in total. The molecule has 1 unspecified atom stereocenters. The topological polar surface area (TPSA) is 136 Å². The van der Waals surface area contributed by atoms with Gasteiger partial charge in [-0.2, -0.15) is 0 Å². The van der Waals surface area contributed by atoms with E-state index in [1.807, 2.05) is 0 Å². The van der Waals surface area contributed by atoms with E-state index in [0.29, 0.717) is 24.4 Å². The first-order valence-electron chi connectivity index (χ1n) is 18.5. The number of aliphatic hydroxyl groups excluding tert-OH is 3. The van der Waals surface area contributed by atoms with Crippen molar-refractivity contribution < 1.29 is 48.5 Å². The molecule has 4 aliphatic heterocycles. The first-order valence-corrected chi connectivity index (χ1v) is 18.5. The fourth-order valence-electron chi connectivity index (χ4n) is 14.6. The molecule has 4 heterocycles. The molecule has 9 fully saturated rings. The molecule has 0 aromatic rings. The van der Waals surface area contributed by atoms with Crippen LogP contribution in [0, 0.1) is 50.7 Å². The molecule has 5 aliphatic carbocycles. The Hall–Kier alpha value is -0.850. The van der Waals surface area contributed by atoms with E-state index in [2.05, 4.69) is 41.5 Å². The summed E-state index contributed by atoms with van der Waals surface area (Å²) in [4.78, 5) is 12.9. The zero-order chi connectivity index (χ0) is 33.3. The Bertz CT molecular complexity index is 1360. The van der Waals surface area contributed by atoms with Gasteiger partial charge in [-0.25, -0.2) is 0 Å².